The number of rotatable bonds is 18. The third-order valence-corrected chi connectivity index (χ3v) is 5.30. The van der Waals surface area contributed by atoms with Crippen LogP contribution in [0.25, 0.3) is 0 Å². The van der Waals surface area contributed by atoms with Crippen molar-refractivity contribution in [2.75, 3.05) is 33.0 Å². The molecule has 0 amide bonds. The van der Waals surface area contributed by atoms with E-state index in [2.05, 4.69) is 13.2 Å². The van der Waals surface area contributed by atoms with Crippen LogP contribution in [0.3, 0.4) is 0 Å². The molecular weight excluding hydrogens is 544 g/mol. The number of carbonyl (C=O) groups excluding carboxylic acids is 3. The van der Waals surface area contributed by atoms with Crippen molar-refractivity contribution in [3.05, 3.63) is 109 Å². The van der Waals surface area contributed by atoms with E-state index in [9.17, 15) is 14.4 Å². The molecule has 0 saturated carbocycles. The Morgan fingerprint density at radius 3 is 1.52 bits per heavy atom. The van der Waals surface area contributed by atoms with Gasteiger partial charge in [-0.05, 0) is 72.8 Å². The van der Waals surface area contributed by atoms with Gasteiger partial charge in [-0.1, -0.05) is 12.7 Å². The number of esters is 3. The van der Waals surface area contributed by atoms with Gasteiger partial charge in [-0.25, -0.2) is 24.2 Å². The minimum absolute atomic E-state index is 0.222. The molecule has 0 saturated heterocycles. The molecule has 3 aromatic carbocycles. The molecule has 0 N–H and O–H groups in total. The molecule has 0 atom stereocenters. The van der Waals surface area contributed by atoms with Gasteiger partial charge in [0.05, 0.1) is 37.6 Å². The molecule has 0 bridgehead atoms. The second-order valence-corrected chi connectivity index (χ2v) is 8.47. The first-order valence-corrected chi connectivity index (χ1v) is 13.1. The van der Waals surface area contributed by atoms with Gasteiger partial charge < -0.3 is 23.7 Å². The molecule has 3 aromatic rings. The van der Waals surface area contributed by atoms with Crippen molar-refractivity contribution in [3.8, 4) is 23.0 Å². The molecule has 0 aromatic heterocycles. The average molecular weight is 577 g/mol. The highest BCUT2D eigenvalue weighted by atomic mass is 17.2. The summed E-state index contributed by atoms with van der Waals surface area (Å²) in [6, 6.07) is 19.1. The monoisotopic (exact) mass is 576 g/mol. The molecule has 10 nitrogen and oxygen atoms in total. The van der Waals surface area contributed by atoms with Crippen LogP contribution in [-0.2, 0) is 19.3 Å². The van der Waals surface area contributed by atoms with E-state index < -0.39 is 17.9 Å². The molecule has 42 heavy (non-hydrogen) atoms. The summed E-state index contributed by atoms with van der Waals surface area (Å²) in [4.78, 5) is 45.8. The molecule has 0 aliphatic rings. The van der Waals surface area contributed by atoms with E-state index >= 15 is 0 Å². The van der Waals surface area contributed by atoms with E-state index in [0.29, 0.717) is 62.1 Å². The zero-order valence-electron chi connectivity index (χ0n) is 23.0. The molecule has 0 aliphatic heterocycles. The molecule has 0 fully saturated rings. The lowest BCUT2D eigenvalue weighted by Crippen LogP contribution is -2.10. The van der Waals surface area contributed by atoms with Crippen molar-refractivity contribution < 1.29 is 47.8 Å². The summed E-state index contributed by atoms with van der Waals surface area (Å²) in [7, 11) is 0. The van der Waals surface area contributed by atoms with Crippen molar-refractivity contribution in [1.82, 2.24) is 0 Å². The van der Waals surface area contributed by atoms with Gasteiger partial charge in [0, 0.05) is 18.9 Å². The van der Waals surface area contributed by atoms with E-state index in [0.717, 1.165) is 6.08 Å². The molecular formula is C32H32O10. The van der Waals surface area contributed by atoms with Gasteiger partial charge in [-0.3, -0.25) is 0 Å². The van der Waals surface area contributed by atoms with Crippen LogP contribution < -0.4 is 18.9 Å². The van der Waals surface area contributed by atoms with Crippen molar-refractivity contribution in [2.45, 2.75) is 12.8 Å². The average Bonchev–Trinajstić information content (AvgIpc) is 3.01. The zero-order valence-corrected chi connectivity index (χ0v) is 23.0. The number of ether oxygens (including phenoxy) is 5. The fourth-order valence-electron chi connectivity index (χ4n) is 3.23. The maximum atomic E-state index is 12.5. The van der Waals surface area contributed by atoms with Crippen LogP contribution in [0.1, 0.15) is 33.6 Å². The quantitative estimate of drug-likeness (QED) is 0.0364. The van der Waals surface area contributed by atoms with Crippen molar-refractivity contribution in [1.29, 1.82) is 0 Å². The summed E-state index contributed by atoms with van der Waals surface area (Å²) in [6.07, 6.45) is 3.85. The first-order chi connectivity index (χ1) is 20.5. The van der Waals surface area contributed by atoms with Crippen LogP contribution in [0, 0.1) is 0 Å². The predicted octanol–water partition coefficient (Wildman–Crippen LogP) is 5.53. The Hall–Kier alpha value is -4.93. The molecule has 0 spiro atoms. The number of carbonyl (C=O) groups is 3. The molecule has 220 valence electrons. The molecule has 0 unspecified atom stereocenters. The van der Waals surface area contributed by atoms with Gasteiger partial charge in [0.25, 0.3) is 0 Å². The zero-order chi connectivity index (χ0) is 30.0. The minimum Gasteiger partial charge on any atom is -0.494 e. The highest BCUT2D eigenvalue weighted by molar-refractivity contribution is 5.92. The third-order valence-electron chi connectivity index (χ3n) is 5.30. The standard InChI is InChI=1S/C32H32O10/c1-3-19-39-40-23-6-21-37-27-15-17-29(18-16-27)42-32(35)25-9-13-28(14-10-25)41-31(34)24-7-11-26(12-8-24)36-20-5-22-38-30(33)4-2/h3-4,7-18H,1-2,5-6,19-23H2. The first-order valence-electron chi connectivity index (χ1n) is 13.1. The van der Waals surface area contributed by atoms with Crippen LogP contribution in [0.4, 0.5) is 0 Å². The van der Waals surface area contributed by atoms with Crippen molar-refractivity contribution in [3.63, 3.8) is 0 Å². The molecule has 10 heteroatoms. The molecule has 0 radical (unpaired) electrons. The maximum Gasteiger partial charge on any atom is 0.343 e. The van der Waals surface area contributed by atoms with E-state index in [4.69, 9.17) is 33.5 Å². The second kappa shape index (κ2) is 17.7. The summed E-state index contributed by atoms with van der Waals surface area (Å²) < 4.78 is 26.9. The summed E-state index contributed by atoms with van der Waals surface area (Å²) >= 11 is 0. The smallest absolute Gasteiger partial charge is 0.343 e. The second-order valence-electron chi connectivity index (χ2n) is 8.47. The Bertz CT molecular complexity index is 1300. The fourth-order valence-corrected chi connectivity index (χ4v) is 3.23. The van der Waals surface area contributed by atoms with Gasteiger partial charge >= 0.3 is 17.9 Å². The molecule has 0 heterocycles. The Labute approximate surface area is 243 Å². The van der Waals surface area contributed by atoms with Gasteiger partial charge in [0.1, 0.15) is 29.6 Å². The Morgan fingerprint density at radius 1 is 0.571 bits per heavy atom. The van der Waals surface area contributed by atoms with Crippen LogP contribution in [0.2, 0.25) is 0 Å². The predicted molar refractivity (Wildman–Crippen MR) is 153 cm³/mol. The third kappa shape index (κ3) is 11.3. The van der Waals surface area contributed by atoms with E-state index in [-0.39, 0.29) is 17.9 Å². The lowest BCUT2D eigenvalue weighted by Gasteiger charge is -2.09. The number of hydrogen-bond acceptors (Lipinski definition) is 10. The van der Waals surface area contributed by atoms with Gasteiger partial charge in [-0.2, -0.15) is 0 Å². The number of benzene rings is 3. The topological polar surface area (TPSA) is 116 Å². The summed E-state index contributed by atoms with van der Waals surface area (Å²) in [5.74, 6) is 0.196. The van der Waals surface area contributed by atoms with Crippen LogP contribution in [0.15, 0.2) is 98.1 Å². The highest BCUT2D eigenvalue weighted by Crippen LogP contribution is 2.21. The maximum absolute atomic E-state index is 12.5. The summed E-state index contributed by atoms with van der Waals surface area (Å²) in [5.41, 5.74) is 0.610. The van der Waals surface area contributed by atoms with E-state index in [1.54, 1.807) is 54.6 Å². The fraction of sp³-hybridized carbons (Fsp3) is 0.219. The Kier molecular flexibility index (Phi) is 13.3. The summed E-state index contributed by atoms with van der Waals surface area (Å²) in [5, 5.41) is 0. The molecule has 3 rings (SSSR count). The van der Waals surface area contributed by atoms with Crippen LogP contribution in [0.5, 0.6) is 23.0 Å². The van der Waals surface area contributed by atoms with E-state index in [1.807, 2.05) is 0 Å². The number of hydrogen-bond donors (Lipinski definition) is 0. The van der Waals surface area contributed by atoms with E-state index in [1.165, 1.54) is 24.3 Å². The lowest BCUT2D eigenvalue weighted by molar-refractivity contribution is -0.287. The lowest BCUT2D eigenvalue weighted by atomic mass is 10.2. The van der Waals surface area contributed by atoms with Gasteiger partial charge in [-0.15, -0.1) is 6.58 Å². The SMILES string of the molecule is C=CCOOCCCOc1ccc(OC(=O)c2ccc(OC(=O)c3ccc(OCCCOC(=O)C=C)cc3)cc2)cc1. The molecule has 0 aliphatic carbocycles. The van der Waals surface area contributed by atoms with Crippen LogP contribution >= 0.6 is 0 Å². The highest BCUT2D eigenvalue weighted by Gasteiger charge is 2.12. The van der Waals surface area contributed by atoms with Crippen LogP contribution in [-0.4, -0.2) is 50.9 Å². The normalized spacial score (nSPS) is 10.3. The van der Waals surface area contributed by atoms with Gasteiger partial charge in [0.15, 0.2) is 0 Å². The minimum atomic E-state index is -0.566. The Morgan fingerprint density at radius 2 is 1.02 bits per heavy atom. The Balaban J connectivity index is 1.39. The van der Waals surface area contributed by atoms with Crippen molar-refractivity contribution in [2.24, 2.45) is 0 Å². The summed E-state index contributed by atoms with van der Waals surface area (Å²) in [6.45, 7) is 8.57. The van der Waals surface area contributed by atoms with Crippen molar-refractivity contribution >= 4 is 17.9 Å². The van der Waals surface area contributed by atoms with Gasteiger partial charge in [0.2, 0.25) is 0 Å². The first kappa shape index (κ1) is 31.6. The largest absolute Gasteiger partial charge is 0.494 e.